The SMILES string of the molecule is CN=C(NCc1ccc(OCC(F)(F)F)cc1)NCc1sccc1C.I. The Bertz CT molecular complexity index is 702. The van der Waals surface area contributed by atoms with E-state index >= 15 is 0 Å². The first-order valence-corrected chi connectivity index (χ1v) is 8.51. The van der Waals surface area contributed by atoms with Gasteiger partial charge >= 0.3 is 6.18 Å². The summed E-state index contributed by atoms with van der Waals surface area (Å²) in [5.41, 5.74) is 2.15. The molecule has 0 saturated heterocycles. The third-order valence-corrected chi connectivity index (χ3v) is 4.42. The predicted octanol–water partition coefficient (Wildman–Crippen LogP) is 4.48. The van der Waals surface area contributed by atoms with Crippen LogP contribution in [-0.2, 0) is 13.1 Å². The van der Waals surface area contributed by atoms with Gasteiger partial charge < -0.3 is 15.4 Å². The molecule has 2 N–H and O–H groups in total. The van der Waals surface area contributed by atoms with Gasteiger partial charge in [-0.2, -0.15) is 13.2 Å². The smallest absolute Gasteiger partial charge is 0.422 e. The lowest BCUT2D eigenvalue weighted by molar-refractivity contribution is -0.153. The maximum Gasteiger partial charge on any atom is 0.422 e. The van der Waals surface area contributed by atoms with E-state index in [0.29, 0.717) is 19.0 Å². The van der Waals surface area contributed by atoms with Crippen LogP contribution < -0.4 is 15.4 Å². The summed E-state index contributed by atoms with van der Waals surface area (Å²) in [6, 6.07) is 8.55. The minimum absolute atomic E-state index is 0. The number of ether oxygens (including phenoxy) is 1. The third-order valence-electron chi connectivity index (χ3n) is 3.39. The zero-order valence-electron chi connectivity index (χ0n) is 14.4. The van der Waals surface area contributed by atoms with Crippen LogP contribution in [0.5, 0.6) is 5.75 Å². The first-order valence-electron chi connectivity index (χ1n) is 7.63. The predicted molar refractivity (Wildman–Crippen MR) is 110 cm³/mol. The highest BCUT2D eigenvalue weighted by Crippen LogP contribution is 2.19. The Morgan fingerprint density at radius 3 is 2.31 bits per heavy atom. The Balaban J connectivity index is 0.00000338. The molecule has 0 aliphatic rings. The molecule has 1 aromatic carbocycles. The molecule has 0 unspecified atom stereocenters. The van der Waals surface area contributed by atoms with Crippen molar-refractivity contribution in [2.24, 2.45) is 4.99 Å². The molecule has 9 heteroatoms. The molecule has 0 saturated carbocycles. The highest BCUT2D eigenvalue weighted by molar-refractivity contribution is 14.0. The largest absolute Gasteiger partial charge is 0.484 e. The summed E-state index contributed by atoms with van der Waals surface area (Å²) in [4.78, 5) is 5.40. The summed E-state index contributed by atoms with van der Waals surface area (Å²) in [6.07, 6.45) is -4.33. The number of aryl methyl sites for hydroxylation is 1. The molecular formula is C17H21F3IN3OS. The number of hydrogen-bond donors (Lipinski definition) is 2. The van der Waals surface area contributed by atoms with Gasteiger partial charge in [-0.3, -0.25) is 4.99 Å². The van der Waals surface area contributed by atoms with Gasteiger partial charge in [0, 0.05) is 18.5 Å². The van der Waals surface area contributed by atoms with E-state index in [-0.39, 0.29) is 29.7 Å². The van der Waals surface area contributed by atoms with Crippen LogP contribution in [-0.4, -0.2) is 25.8 Å². The Morgan fingerprint density at radius 2 is 1.77 bits per heavy atom. The molecule has 0 atom stereocenters. The van der Waals surface area contributed by atoms with Crippen molar-refractivity contribution in [2.75, 3.05) is 13.7 Å². The van der Waals surface area contributed by atoms with Crippen LogP contribution in [0, 0.1) is 6.92 Å². The number of halogens is 4. The number of benzene rings is 1. The van der Waals surface area contributed by atoms with Crippen molar-refractivity contribution in [1.82, 2.24) is 10.6 Å². The summed E-state index contributed by atoms with van der Waals surface area (Å²) in [7, 11) is 1.69. The maximum absolute atomic E-state index is 12.1. The van der Waals surface area contributed by atoms with Gasteiger partial charge in [0.05, 0.1) is 6.54 Å². The lowest BCUT2D eigenvalue weighted by Crippen LogP contribution is -2.36. The van der Waals surface area contributed by atoms with Gasteiger partial charge in [0.2, 0.25) is 0 Å². The quantitative estimate of drug-likeness (QED) is 0.350. The minimum atomic E-state index is -4.33. The molecule has 0 aliphatic carbocycles. The van der Waals surface area contributed by atoms with Crippen LogP contribution in [0.4, 0.5) is 13.2 Å². The summed E-state index contributed by atoms with van der Waals surface area (Å²) in [5.74, 6) is 0.849. The molecule has 1 aromatic heterocycles. The van der Waals surface area contributed by atoms with Crippen molar-refractivity contribution in [2.45, 2.75) is 26.2 Å². The van der Waals surface area contributed by atoms with Gasteiger partial charge in [0.15, 0.2) is 12.6 Å². The molecule has 26 heavy (non-hydrogen) atoms. The fraction of sp³-hybridized carbons (Fsp3) is 0.353. The Kier molecular flexibility index (Phi) is 9.20. The van der Waals surface area contributed by atoms with Crippen molar-refractivity contribution in [3.8, 4) is 5.75 Å². The molecule has 4 nitrogen and oxygen atoms in total. The van der Waals surface area contributed by atoms with Gasteiger partial charge in [-0.15, -0.1) is 35.3 Å². The Morgan fingerprint density at radius 1 is 1.12 bits per heavy atom. The van der Waals surface area contributed by atoms with Crippen LogP contribution >= 0.6 is 35.3 Å². The second-order valence-electron chi connectivity index (χ2n) is 5.35. The fourth-order valence-corrected chi connectivity index (χ4v) is 2.87. The zero-order chi connectivity index (χ0) is 18.3. The second-order valence-corrected chi connectivity index (χ2v) is 6.35. The number of guanidine groups is 1. The number of nitrogens with zero attached hydrogens (tertiary/aromatic N) is 1. The second kappa shape index (κ2) is 10.6. The summed E-state index contributed by atoms with van der Waals surface area (Å²) < 4.78 is 41.0. The number of nitrogens with one attached hydrogen (secondary N) is 2. The van der Waals surface area contributed by atoms with E-state index in [0.717, 1.165) is 5.56 Å². The summed E-state index contributed by atoms with van der Waals surface area (Å²) in [5, 5.41) is 8.44. The molecule has 144 valence electrons. The Hall–Kier alpha value is -1.49. The van der Waals surface area contributed by atoms with Crippen molar-refractivity contribution < 1.29 is 17.9 Å². The average molecular weight is 499 g/mol. The molecule has 0 spiro atoms. The van der Waals surface area contributed by atoms with E-state index < -0.39 is 12.8 Å². The zero-order valence-corrected chi connectivity index (χ0v) is 17.5. The first-order chi connectivity index (χ1) is 11.9. The van der Waals surface area contributed by atoms with E-state index in [4.69, 9.17) is 0 Å². The van der Waals surface area contributed by atoms with Crippen molar-refractivity contribution in [3.63, 3.8) is 0 Å². The summed E-state index contributed by atoms with van der Waals surface area (Å²) in [6.45, 7) is 1.96. The third kappa shape index (κ3) is 7.81. The van der Waals surface area contributed by atoms with Gasteiger partial charge in [0.25, 0.3) is 0 Å². The van der Waals surface area contributed by atoms with Crippen LogP contribution in [0.25, 0.3) is 0 Å². The van der Waals surface area contributed by atoms with Crippen LogP contribution in [0.3, 0.4) is 0 Å². The van der Waals surface area contributed by atoms with E-state index in [1.165, 1.54) is 22.6 Å². The van der Waals surface area contributed by atoms with Gasteiger partial charge in [-0.05, 0) is 41.6 Å². The van der Waals surface area contributed by atoms with Crippen molar-refractivity contribution in [3.05, 3.63) is 51.7 Å². The van der Waals surface area contributed by atoms with Crippen LogP contribution in [0.1, 0.15) is 16.0 Å². The topological polar surface area (TPSA) is 45.7 Å². The monoisotopic (exact) mass is 499 g/mol. The molecule has 2 aromatic rings. The standard InChI is InChI=1S/C17H20F3N3OS.HI/c1-12-7-8-25-15(12)10-23-16(21-2)22-9-13-3-5-14(6-4-13)24-11-17(18,19)20;/h3-8H,9-11H2,1-2H3,(H2,21,22,23);1H. The number of alkyl halides is 3. The molecule has 0 bridgehead atoms. The molecule has 0 aliphatic heterocycles. The van der Waals surface area contributed by atoms with Crippen molar-refractivity contribution in [1.29, 1.82) is 0 Å². The lowest BCUT2D eigenvalue weighted by atomic mass is 10.2. The van der Waals surface area contributed by atoms with E-state index in [9.17, 15) is 13.2 Å². The molecular weight excluding hydrogens is 478 g/mol. The van der Waals surface area contributed by atoms with E-state index in [1.54, 1.807) is 30.5 Å². The van der Waals surface area contributed by atoms with E-state index in [2.05, 4.69) is 33.4 Å². The molecule has 0 amide bonds. The summed E-state index contributed by atoms with van der Waals surface area (Å²) >= 11 is 1.69. The van der Waals surface area contributed by atoms with Crippen molar-refractivity contribution >= 4 is 41.3 Å². The fourth-order valence-electron chi connectivity index (χ4n) is 2.02. The number of thiophene rings is 1. The number of rotatable bonds is 6. The molecule has 1 heterocycles. The van der Waals surface area contributed by atoms with Gasteiger partial charge in [0.1, 0.15) is 5.75 Å². The lowest BCUT2D eigenvalue weighted by Gasteiger charge is -2.12. The normalized spacial score (nSPS) is 11.7. The minimum Gasteiger partial charge on any atom is -0.484 e. The average Bonchev–Trinajstić information content (AvgIpc) is 2.98. The Labute approximate surface area is 171 Å². The van der Waals surface area contributed by atoms with Gasteiger partial charge in [-0.1, -0.05) is 12.1 Å². The van der Waals surface area contributed by atoms with Crippen LogP contribution in [0.2, 0.25) is 0 Å². The van der Waals surface area contributed by atoms with Crippen LogP contribution in [0.15, 0.2) is 40.7 Å². The van der Waals surface area contributed by atoms with Gasteiger partial charge in [-0.25, -0.2) is 0 Å². The molecule has 2 rings (SSSR count). The molecule has 0 radical (unpaired) electrons. The first kappa shape index (κ1) is 22.6. The van der Waals surface area contributed by atoms with E-state index in [1.807, 2.05) is 5.38 Å². The highest BCUT2D eigenvalue weighted by atomic mass is 127. The number of hydrogen-bond acceptors (Lipinski definition) is 3. The highest BCUT2D eigenvalue weighted by Gasteiger charge is 2.28. The maximum atomic E-state index is 12.1. The molecule has 0 fully saturated rings. The number of aliphatic imine (C=N–C) groups is 1.